The van der Waals surface area contributed by atoms with Gasteiger partial charge in [-0.05, 0) is 88.8 Å². The van der Waals surface area contributed by atoms with Gasteiger partial charge >= 0.3 is 0 Å². The molecule has 2 radical (unpaired) electrons. The predicted molar refractivity (Wildman–Crippen MR) is 120 cm³/mol. The third kappa shape index (κ3) is 3.75. The Morgan fingerprint density at radius 3 is 1.85 bits per heavy atom. The molecule has 27 heavy (non-hydrogen) atoms. The van der Waals surface area contributed by atoms with Crippen LogP contribution in [0, 0.1) is 33.6 Å². The largest absolute Gasteiger partial charge is 0.0901 e. The average Bonchev–Trinajstić information content (AvgIpc) is 2.78. The van der Waals surface area contributed by atoms with Crippen LogP contribution in [0.3, 0.4) is 0 Å². The molecule has 0 spiro atoms. The van der Waals surface area contributed by atoms with Gasteiger partial charge in [0, 0.05) is 5.92 Å². The van der Waals surface area contributed by atoms with Crippen molar-refractivity contribution in [3.63, 3.8) is 0 Å². The Labute approximate surface area is 168 Å². The minimum Gasteiger partial charge on any atom is -0.0630 e. The summed E-state index contributed by atoms with van der Waals surface area (Å²) < 4.78 is 0. The fraction of sp³-hybridized carbons (Fsp3) is 0.385. The van der Waals surface area contributed by atoms with Gasteiger partial charge in [-0.25, -0.2) is 0 Å². The first-order chi connectivity index (χ1) is 12.7. The summed E-state index contributed by atoms with van der Waals surface area (Å²) in [6.07, 6.45) is 0. The van der Waals surface area contributed by atoms with E-state index < -0.39 is 0 Å². The molecule has 0 nitrogen and oxygen atoms in total. The number of benzene rings is 2. The maximum Gasteiger partial charge on any atom is 0.0901 e. The molecule has 1 atom stereocenters. The van der Waals surface area contributed by atoms with Crippen LogP contribution < -0.4 is 5.19 Å². The molecule has 1 aliphatic rings. The fourth-order valence-electron chi connectivity index (χ4n) is 4.57. The van der Waals surface area contributed by atoms with Crippen LogP contribution in [0.15, 0.2) is 58.7 Å². The van der Waals surface area contributed by atoms with Crippen molar-refractivity contribution in [2.75, 3.05) is 0 Å². The van der Waals surface area contributed by atoms with E-state index in [0.717, 1.165) is 9.52 Å². The van der Waals surface area contributed by atoms with Crippen LogP contribution in [0.2, 0.25) is 0 Å². The SMILES string of the molecule is CC1=C(C)C(C([Si]c2cc(C)cc(C)c2)c2cccc(C)c2C)C(C)=C1C. The summed E-state index contributed by atoms with van der Waals surface area (Å²) in [6.45, 7) is 18.3. The van der Waals surface area contributed by atoms with E-state index in [4.69, 9.17) is 0 Å². The molecule has 2 aromatic carbocycles. The molecule has 0 saturated carbocycles. The van der Waals surface area contributed by atoms with Gasteiger partial charge in [-0.1, -0.05) is 63.9 Å². The van der Waals surface area contributed by atoms with Crippen molar-refractivity contribution in [3.8, 4) is 0 Å². The van der Waals surface area contributed by atoms with Crippen molar-refractivity contribution in [1.29, 1.82) is 0 Å². The van der Waals surface area contributed by atoms with E-state index in [-0.39, 0.29) is 0 Å². The lowest BCUT2D eigenvalue weighted by molar-refractivity contribution is 0.683. The van der Waals surface area contributed by atoms with Gasteiger partial charge in [0.2, 0.25) is 0 Å². The summed E-state index contributed by atoms with van der Waals surface area (Å²) in [5.41, 5.74) is 13.8. The van der Waals surface area contributed by atoms with Crippen LogP contribution in [-0.4, -0.2) is 9.52 Å². The number of allylic oxidation sites excluding steroid dienone is 4. The second-order valence-corrected chi connectivity index (χ2v) is 9.87. The van der Waals surface area contributed by atoms with Crippen molar-refractivity contribution < 1.29 is 0 Å². The molecule has 0 fully saturated rings. The maximum absolute atomic E-state index is 2.39. The number of rotatable bonds is 4. The quantitative estimate of drug-likeness (QED) is 0.553. The van der Waals surface area contributed by atoms with Crippen molar-refractivity contribution in [1.82, 2.24) is 0 Å². The summed E-state index contributed by atoms with van der Waals surface area (Å²) in [6, 6.07) is 13.9. The standard InChI is InChI=1S/C26H32Si/c1-15-12-16(2)14-23(13-15)27-26(24-11-9-10-17(3)18(24)4)25-21(7)19(5)20(6)22(25)8/h9-14,25-26H,1-8H3. The Bertz CT molecular complexity index is 898. The minimum absolute atomic E-state index is 0.512. The molecule has 2 aromatic rings. The Hall–Kier alpha value is -1.86. The molecule has 0 aromatic heterocycles. The molecule has 0 heterocycles. The average molecular weight is 373 g/mol. The van der Waals surface area contributed by atoms with Crippen molar-refractivity contribution in [2.45, 2.75) is 60.9 Å². The van der Waals surface area contributed by atoms with E-state index in [1.807, 2.05) is 0 Å². The smallest absolute Gasteiger partial charge is 0.0630 e. The molecule has 1 heteroatoms. The zero-order valence-electron chi connectivity index (χ0n) is 18.1. The molecule has 0 saturated heterocycles. The van der Waals surface area contributed by atoms with Crippen LogP contribution in [0.4, 0.5) is 0 Å². The first-order valence-electron chi connectivity index (χ1n) is 9.96. The summed E-state index contributed by atoms with van der Waals surface area (Å²) in [7, 11) is 0.775. The van der Waals surface area contributed by atoms with Gasteiger partial charge in [-0.3, -0.25) is 0 Å². The van der Waals surface area contributed by atoms with E-state index in [2.05, 4.69) is 91.8 Å². The second-order valence-electron chi connectivity index (χ2n) is 8.38. The summed E-state index contributed by atoms with van der Waals surface area (Å²) in [4.78, 5) is 0. The molecule has 0 amide bonds. The molecule has 0 bridgehead atoms. The van der Waals surface area contributed by atoms with Crippen LogP contribution in [0.5, 0.6) is 0 Å². The van der Waals surface area contributed by atoms with Crippen LogP contribution in [0.25, 0.3) is 0 Å². The first kappa shape index (κ1) is 19.9. The highest BCUT2D eigenvalue weighted by Gasteiger charge is 2.33. The van der Waals surface area contributed by atoms with Crippen LogP contribution in [-0.2, 0) is 0 Å². The number of hydrogen-bond donors (Lipinski definition) is 0. The van der Waals surface area contributed by atoms with E-state index in [9.17, 15) is 0 Å². The topological polar surface area (TPSA) is 0 Å². The Balaban J connectivity index is 2.14. The first-order valence-corrected chi connectivity index (χ1v) is 11.0. The number of hydrogen-bond acceptors (Lipinski definition) is 0. The molecule has 0 N–H and O–H groups in total. The lowest BCUT2D eigenvalue weighted by atomic mass is 9.86. The second kappa shape index (κ2) is 7.64. The molecular formula is C26H32Si. The molecule has 0 aliphatic heterocycles. The van der Waals surface area contributed by atoms with E-state index in [0.29, 0.717) is 11.5 Å². The van der Waals surface area contributed by atoms with Gasteiger partial charge in [0.15, 0.2) is 0 Å². The summed E-state index contributed by atoms with van der Waals surface area (Å²) in [5.74, 6) is 0.518. The van der Waals surface area contributed by atoms with E-state index in [1.54, 1.807) is 11.1 Å². The highest BCUT2D eigenvalue weighted by molar-refractivity contribution is 6.55. The fourth-order valence-corrected chi connectivity index (χ4v) is 6.69. The summed E-state index contributed by atoms with van der Waals surface area (Å²) >= 11 is 0. The monoisotopic (exact) mass is 372 g/mol. The molecule has 1 aliphatic carbocycles. The third-order valence-electron chi connectivity index (χ3n) is 6.54. The minimum atomic E-state index is 0.512. The van der Waals surface area contributed by atoms with E-state index >= 15 is 0 Å². The highest BCUT2D eigenvalue weighted by atomic mass is 28.2. The van der Waals surface area contributed by atoms with Gasteiger partial charge in [-0.15, -0.1) is 0 Å². The van der Waals surface area contributed by atoms with Crippen LogP contribution in [0.1, 0.15) is 61.1 Å². The van der Waals surface area contributed by atoms with Crippen LogP contribution >= 0.6 is 0 Å². The van der Waals surface area contributed by atoms with Gasteiger partial charge in [-0.2, -0.15) is 0 Å². The van der Waals surface area contributed by atoms with Crippen molar-refractivity contribution >= 4 is 14.7 Å². The molecule has 3 rings (SSSR count). The Morgan fingerprint density at radius 2 is 1.30 bits per heavy atom. The third-order valence-corrected chi connectivity index (χ3v) is 8.11. The molecule has 1 unspecified atom stereocenters. The maximum atomic E-state index is 2.39. The Kier molecular flexibility index (Phi) is 5.62. The lowest BCUT2D eigenvalue weighted by Crippen LogP contribution is -2.29. The zero-order valence-corrected chi connectivity index (χ0v) is 19.1. The number of aryl methyl sites for hydroxylation is 3. The zero-order chi connectivity index (χ0) is 19.9. The molecular weight excluding hydrogens is 340 g/mol. The lowest BCUT2D eigenvalue weighted by Gasteiger charge is -2.29. The van der Waals surface area contributed by atoms with Gasteiger partial charge in [0.1, 0.15) is 0 Å². The van der Waals surface area contributed by atoms with Gasteiger partial charge in [0.05, 0.1) is 9.52 Å². The van der Waals surface area contributed by atoms with Crippen molar-refractivity contribution in [3.05, 3.63) is 86.5 Å². The van der Waals surface area contributed by atoms with Crippen molar-refractivity contribution in [2.24, 2.45) is 5.92 Å². The van der Waals surface area contributed by atoms with Gasteiger partial charge in [0.25, 0.3) is 0 Å². The Morgan fingerprint density at radius 1 is 0.741 bits per heavy atom. The normalized spacial score (nSPS) is 16.4. The molecule has 140 valence electrons. The predicted octanol–water partition coefficient (Wildman–Crippen LogP) is 6.29. The highest BCUT2D eigenvalue weighted by Crippen LogP contribution is 2.45. The van der Waals surface area contributed by atoms with Gasteiger partial charge < -0.3 is 0 Å². The summed E-state index contributed by atoms with van der Waals surface area (Å²) in [5, 5.41) is 1.49. The van der Waals surface area contributed by atoms with E-state index in [1.165, 1.54) is 44.2 Å².